The molecule has 0 unspecified atom stereocenters. The summed E-state index contributed by atoms with van der Waals surface area (Å²) in [5.41, 5.74) is 1.10. The molecule has 122 valence electrons. The molecule has 0 aliphatic heterocycles. The smallest absolute Gasteiger partial charge is 0.307 e. The van der Waals surface area contributed by atoms with E-state index in [1.54, 1.807) is 13.8 Å². The lowest BCUT2D eigenvalue weighted by molar-refractivity contribution is -0.119. The van der Waals surface area contributed by atoms with E-state index in [4.69, 9.17) is 13.6 Å². The van der Waals surface area contributed by atoms with Gasteiger partial charge in [0.05, 0.1) is 13.2 Å². The molecule has 0 bridgehead atoms. The molecule has 23 heavy (non-hydrogen) atoms. The van der Waals surface area contributed by atoms with Gasteiger partial charge in [-0.05, 0) is 25.0 Å². The Morgan fingerprint density at radius 2 is 1.30 bits per heavy atom. The lowest BCUT2D eigenvalue weighted by Crippen LogP contribution is -2.24. The Morgan fingerprint density at radius 1 is 0.870 bits per heavy atom. The summed E-state index contributed by atoms with van der Waals surface area (Å²) in [4.78, 5) is 11.1. The van der Waals surface area contributed by atoms with E-state index in [-0.39, 0.29) is 0 Å². The highest BCUT2D eigenvalue weighted by Crippen LogP contribution is 2.45. The Hall–Kier alpha value is -1.58. The molecule has 0 heterocycles. The normalized spacial score (nSPS) is 11.6. The second-order valence-electron chi connectivity index (χ2n) is 5.55. The molecule has 0 spiro atoms. The molecule has 0 fully saturated rings. The molecule has 0 radical (unpaired) electrons. The Labute approximate surface area is 138 Å². The van der Waals surface area contributed by atoms with Crippen LogP contribution < -0.4 is 0 Å². The zero-order valence-corrected chi connectivity index (χ0v) is 14.2. The van der Waals surface area contributed by atoms with Crippen molar-refractivity contribution in [3.63, 3.8) is 0 Å². The first-order valence-corrected chi connectivity index (χ1v) is 8.48. The van der Waals surface area contributed by atoms with Crippen molar-refractivity contribution in [1.82, 2.24) is 0 Å². The summed E-state index contributed by atoms with van der Waals surface area (Å²) in [5, 5.41) is 0. The fourth-order valence-electron chi connectivity index (χ4n) is 1.71. The Balaban J connectivity index is 1.95. The van der Waals surface area contributed by atoms with Crippen molar-refractivity contribution < 1.29 is 18.4 Å². The van der Waals surface area contributed by atoms with Crippen LogP contribution in [0.4, 0.5) is 0 Å². The molecule has 0 amide bonds. The number of carbonyl (C=O) groups is 1. The topological polar surface area (TPSA) is 44.8 Å². The third kappa shape index (κ3) is 6.59. The summed E-state index contributed by atoms with van der Waals surface area (Å²) in [5.74, 6) is 0. The second-order valence-corrected chi connectivity index (χ2v) is 6.70. The minimum absolute atomic E-state index is 0.371. The number of carbonyl (C=O) groups excluding carboxylic acids is 1. The predicted molar refractivity (Wildman–Crippen MR) is 90.6 cm³/mol. The van der Waals surface area contributed by atoms with Crippen LogP contribution >= 0.6 is 8.60 Å². The van der Waals surface area contributed by atoms with Crippen LogP contribution in [0.2, 0.25) is 0 Å². The quantitative estimate of drug-likeness (QED) is 0.496. The minimum atomic E-state index is -1.63. The molecule has 0 N–H and O–H groups in total. The van der Waals surface area contributed by atoms with Crippen molar-refractivity contribution in [3.8, 4) is 0 Å². The third-order valence-corrected chi connectivity index (χ3v) is 4.25. The van der Waals surface area contributed by atoms with E-state index in [2.05, 4.69) is 0 Å². The number of hydrogen-bond donors (Lipinski definition) is 0. The van der Waals surface area contributed by atoms with E-state index in [1.165, 1.54) is 0 Å². The average molecular weight is 332 g/mol. The van der Waals surface area contributed by atoms with Crippen LogP contribution in [0, 0.1) is 0 Å². The number of rotatable bonds is 9. The monoisotopic (exact) mass is 332 g/mol. The van der Waals surface area contributed by atoms with Crippen molar-refractivity contribution in [3.05, 3.63) is 71.8 Å². The van der Waals surface area contributed by atoms with Gasteiger partial charge in [-0.3, -0.25) is 4.52 Å². The third-order valence-electron chi connectivity index (χ3n) is 2.95. The van der Waals surface area contributed by atoms with Gasteiger partial charge in [0.1, 0.15) is 5.60 Å². The first-order chi connectivity index (χ1) is 11.1. The van der Waals surface area contributed by atoms with Crippen LogP contribution in [-0.2, 0) is 31.6 Å². The first-order valence-electron chi connectivity index (χ1n) is 7.38. The zero-order chi connectivity index (χ0) is 16.5. The van der Waals surface area contributed by atoms with Gasteiger partial charge in [-0.15, -0.1) is 0 Å². The summed E-state index contributed by atoms with van der Waals surface area (Å²) < 4.78 is 17.2. The number of aldehydes is 1. The summed E-state index contributed by atoms with van der Waals surface area (Å²) >= 11 is 0. The molecule has 0 atom stereocenters. The number of benzene rings is 2. The SMILES string of the molecule is CC(C)(C=O)OP(OCc1ccccc1)OCc1ccccc1. The molecule has 5 heteroatoms. The Bertz CT molecular complexity index is 543. The number of hydrogen-bond acceptors (Lipinski definition) is 4. The fourth-order valence-corrected chi connectivity index (χ4v) is 2.82. The average Bonchev–Trinajstić information content (AvgIpc) is 2.59. The van der Waals surface area contributed by atoms with Gasteiger partial charge in [0.2, 0.25) is 0 Å². The van der Waals surface area contributed by atoms with Crippen LogP contribution in [0.25, 0.3) is 0 Å². The van der Waals surface area contributed by atoms with Gasteiger partial charge in [-0.1, -0.05) is 60.7 Å². The Morgan fingerprint density at radius 3 is 1.70 bits per heavy atom. The van der Waals surface area contributed by atoms with Crippen LogP contribution in [0.3, 0.4) is 0 Å². The predicted octanol–water partition coefficient (Wildman–Crippen LogP) is 4.64. The summed E-state index contributed by atoms with van der Waals surface area (Å²) in [7, 11) is -1.63. The van der Waals surface area contributed by atoms with Crippen molar-refractivity contribution >= 4 is 14.9 Å². The van der Waals surface area contributed by atoms with E-state index in [1.807, 2.05) is 60.7 Å². The van der Waals surface area contributed by atoms with Gasteiger partial charge in [0, 0.05) is 0 Å². The zero-order valence-electron chi connectivity index (χ0n) is 13.3. The van der Waals surface area contributed by atoms with Gasteiger partial charge in [-0.25, -0.2) is 0 Å². The van der Waals surface area contributed by atoms with Gasteiger partial charge in [0.15, 0.2) is 6.29 Å². The highest BCUT2D eigenvalue weighted by Gasteiger charge is 2.26. The molecule has 0 saturated carbocycles. The summed E-state index contributed by atoms with van der Waals surface area (Å²) in [6, 6.07) is 19.6. The largest absolute Gasteiger partial charge is 0.334 e. The maximum Gasteiger partial charge on any atom is 0.334 e. The highest BCUT2D eigenvalue weighted by molar-refractivity contribution is 7.41. The van der Waals surface area contributed by atoms with Crippen molar-refractivity contribution in [2.45, 2.75) is 32.7 Å². The van der Waals surface area contributed by atoms with Crippen molar-refractivity contribution in [1.29, 1.82) is 0 Å². The van der Waals surface area contributed by atoms with E-state index < -0.39 is 14.2 Å². The standard InChI is InChI=1S/C18H21O4P/c1-18(2,15-19)22-23(20-13-16-9-5-3-6-10-16)21-14-17-11-7-4-8-12-17/h3-12,15H,13-14H2,1-2H3. The van der Waals surface area contributed by atoms with E-state index in [0.717, 1.165) is 17.4 Å². The van der Waals surface area contributed by atoms with Gasteiger partial charge in [0.25, 0.3) is 0 Å². The lowest BCUT2D eigenvalue weighted by atomic mass is 10.2. The second kappa shape index (κ2) is 8.90. The van der Waals surface area contributed by atoms with Crippen molar-refractivity contribution in [2.75, 3.05) is 0 Å². The van der Waals surface area contributed by atoms with Crippen molar-refractivity contribution in [2.24, 2.45) is 0 Å². The maximum absolute atomic E-state index is 11.1. The molecular formula is C18H21O4P. The molecule has 4 nitrogen and oxygen atoms in total. The fraction of sp³-hybridized carbons (Fsp3) is 0.278. The van der Waals surface area contributed by atoms with Gasteiger partial charge < -0.3 is 13.8 Å². The van der Waals surface area contributed by atoms with E-state index in [0.29, 0.717) is 13.2 Å². The van der Waals surface area contributed by atoms with Gasteiger partial charge >= 0.3 is 8.60 Å². The minimum Gasteiger partial charge on any atom is -0.307 e. The van der Waals surface area contributed by atoms with Gasteiger partial charge in [-0.2, -0.15) is 0 Å². The highest BCUT2D eigenvalue weighted by atomic mass is 31.2. The molecule has 0 aromatic heterocycles. The van der Waals surface area contributed by atoms with E-state index in [9.17, 15) is 4.79 Å². The molecule has 0 aliphatic carbocycles. The van der Waals surface area contributed by atoms with Crippen LogP contribution in [0.15, 0.2) is 60.7 Å². The Kier molecular flexibility index (Phi) is 6.87. The molecule has 0 saturated heterocycles. The maximum atomic E-state index is 11.1. The molecule has 2 aromatic carbocycles. The van der Waals surface area contributed by atoms with E-state index >= 15 is 0 Å². The first kappa shape index (κ1) is 17.8. The molecule has 0 aliphatic rings. The van der Waals surface area contributed by atoms with Crippen LogP contribution in [0.1, 0.15) is 25.0 Å². The molecule has 2 aromatic rings. The molecule has 2 rings (SSSR count). The van der Waals surface area contributed by atoms with Crippen LogP contribution in [-0.4, -0.2) is 11.9 Å². The summed E-state index contributed by atoms with van der Waals surface area (Å²) in [6.45, 7) is 4.12. The molecular weight excluding hydrogens is 311 g/mol. The van der Waals surface area contributed by atoms with Crippen LogP contribution in [0.5, 0.6) is 0 Å². The summed E-state index contributed by atoms with van der Waals surface area (Å²) in [6.07, 6.45) is 0.750. The lowest BCUT2D eigenvalue weighted by Gasteiger charge is -2.24.